The number of furan rings is 1. The summed E-state index contributed by atoms with van der Waals surface area (Å²) >= 11 is 1.44. The van der Waals surface area contributed by atoms with Gasteiger partial charge in [-0.15, -0.1) is 11.3 Å². The second-order valence-electron chi connectivity index (χ2n) is 6.29. The van der Waals surface area contributed by atoms with E-state index in [1.165, 1.54) is 35.8 Å². The molecule has 1 aromatic carbocycles. The first-order valence-corrected chi connectivity index (χ1v) is 11.6. The molecule has 3 aromatic rings. The molecule has 0 aliphatic heterocycles. The average molecular weight is 419 g/mol. The zero-order chi connectivity index (χ0) is 20.1. The zero-order valence-corrected chi connectivity index (χ0v) is 17.4. The number of thiazole rings is 1. The van der Waals surface area contributed by atoms with E-state index in [1.807, 2.05) is 0 Å². The van der Waals surface area contributed by atoms with E-state index in [0.29, 0.717) is 10.7 Å². The quantitative estimate of drug-likeness (QED) is 0.583. The third-order valence-electron chi connectivity index (χ3n) is 4.21. The van der Waals surface area contributed by atoms with E-state index in [2.05, 4.69) is 24.1 Å². The largest absolute Gasteiger partial charge is 0.459 e. The van der Waals surface area contributed by atoms with Crippen LogP contribution in [-0.4, -0.2) is 19.3 Å². The van der Waals surface area contributed by atoms with Gasteiger partial charge in [0.05, 0.1) is 22.6 Å². The van der Waals surface area contributed by atoms with Gasteiger partial charge in [-0.3, -0.25) is 10.1 Å². The summed E-state index contributed by atoms with van der Waals surface area (Å²) < 4.78 is 30.5. The van der Waals surface area contributed by atoms with Gasteiger partial charge in [0.15, 0.2) is 20.7 Å². The minimum Gasteiger partial charge on any atom is -0.459 e. The van der Waals surface area contributed by atoms with Crippen LogP contribution in [0.15, 0.2) is 52.0 Å². The molecule has 0 radical (unpaired) electrons. The molecule has 0 unspecified atom stereocenters. The lowest BCUT2D eigenvalue weighted by atomic mass is 10.2. The lowest BCUT2D eigenvalue weighted by Crippen LogP contribution is -2.14. The van der Waals surface area contributed by atoms with E-state index in [0.717, 1.165) is 29.8 Å². The fourth-order valence-corrected chi connectivity index (χ4v) is 5.18. The van der Waals surface area contributed by atoms with Crippen LogP contribution in [0.2, 0.25) is 0 Å². The summed E-state index contributed by atoms with van der Waals surface area (Å²) in [4.78, 5) is 18.5. The van der Waals surface area contributed by atoms with Gasteiger partial charge >= 0.3 is 0 Å². The average Bonchev–Trinajstić information content (AvgIpc) is 3.29. The smallest absolute Gasteiger partial charge is 0.293 e. The van der Waals surface area contributed by atoms with Gasteiger partial charge in [-0.05, 0) is 31.0 Å². The normalized spacial score (nSPS) is 11.5. The number of rotatable bonds is 8. The number of benzene rings is 1. The van der Waals surface area contributed by atoms with Gasteiger partial charge in [0.1, 0.15) is 0 Å². The molecule has 0 saturated carbocycles. The number of carbonyl (C=O) groups excluding carboxylic acids is 1. The first-order chi connectivity index (χ1) is 13.4. The van der Waals surface area contributed by atoms with Crippen LogP contribution in [0, 0.1) is 0 Å². The Labute approximate surface area is 168 Å². The van der Waals surface area contributed by atoms with Crippen LogP contribution in [0.4, 0.5) is 5.13 Å². The first kappa shape index (κ1) is 20.3. The van der Waals surface area contributed by atoms with Crippen molar-refractivity contribution in [3.05, 3.63) is 64.6 Å². The maximum absolute atomic E-state index is 12.7. The third kappa shape index (κ3) is 4.51. The third-order valence-corrected chi connectivity index (χ3v) is 7.05. The molecular weight excluding hydrogens is 396 g/mol. The topological polar surface area (TPSA) is 89.3 Å². The van der Waals surface area contributed by atoms with Crippen molar-refractivity contribution in [2.24, 2.45) is 0 Å². The van der Waals surface area contributed by atoms with Gasteiger partial charge in [0, 0.05) is 10.4 Å². The molecule has 3 rings (SSSR count). The summed E-state index contributed by atoms with van der Waals surface area (Å²) in [6, 6.07) is 9.66. The van der Waals surface area contributed by atoms with Crippen LogP contribution in [0.3, 0.4) is 0 Å². The van der Waals surface area contributed by atoms with Gasteiger partial charge in [0.2, 0.25) is 0 Å². The number of anilines is 1. The Hall–Kier alpha value is -2.45. The van der Waals surface area contributed by atoms with Crippen LogP contribution >= 0.6 is 11.3 Å². The molecule has 0 bridgehead atoms. The predicted molar refractivity (Wildman–Crippen MR) is 109 cm³/mol. The van der Waals surface area contributed by atoms with E-state index in [1.54, 1.807) is 18.2 Å². The van der Waals surface area contributed by atoms with Gasteiger partial charge in [-0.2, -0.15) is 0 Å². The zero-order valence-electron chi connectivity index (χ0n) is 15.8. The van der Waals surface area contributed by atoms with E-state index in [4.69, 9.17) is 4.42 Å². The number of sulfone groups is 1. The first-order valence-electron chi connectivity index (χ1n) is 9.08. The highest BCUT2D eigenvalue weighted by Crippen LogP contribution is 2.26. The summed E-state index contributed by atoms with van der Waals surface area (Å²) in [5, 5.41) is 3.24. The number of aromatic nitrogens is 1. The summed E-state index contributed by atoms with van der Waals surface area (Å²) in [6.45, 7) is 4.14. The molecule has 2 aromatic heterocycles. The van der Waals surface area contributed by atoms with Crippen molar-refractivity contribution in [3.8, 4) is 0 Å². The molecule has 8 heteroatoms. The van der Waals surface area contributed by atoms with E-state index < -0.39 is 15.7 Å². The number of aryl methyl sites for hydroxylation is 2. The maximum atomic E-state index is 12.7. The highest BCUT2D eigenvalue weighted by Gasteiger charge is 2.23. The summed E-state index contributed by atoms with van der Waals surface area (Å²) in [7, 11) is -3.58. The molecule has 0 spiro atoms. The van der Waals surface area contributed by atoms with Crippen molar-refractivity contribution in [3.63, 3.8) is 0 Å². The SMILES string of the molecule is CCCc1nc(NC(=O)c2occc2CS(=O)(=O)c2ccccc2)sc1CC. The molecule has 0 aliphatic rings. The minimum atomic E-state index is -3.58. The van der Waals surface area contributed by atoms with Crippen molar-refractivity contribution in [1.82, 2.24) is 4.98 Å². The predicted octanol–water partition coefficient (Wildman–Crippen LogP) is 4.48. The van der Waals surface area contributed by atoms with Crippen molar-refractivity contribution in [2.45, 2.75) is 43.8 Å². The lowest BCUT2D eigenvalue weighted by Gasteiger charge is -2.05. The van der Waals surface area contributed by atoms with Crippen LogP contribution in [0.5, 0.6) is 0 Å². The summed E-state index contributed by atoms with van der Waals surface area (Å²) in [5.41, 5.74) is 1.32. The molecule has 0 aliphatic carbocycles. The van der Waals surface area contributed by atoms with Crippen LogP contribution in [0.1, 0.15) is 47.0 Å². The van der Waals surface area contributed by atoms with E-state index >= 15 is 0 Å². The lowest BCUT2D eigenvalue weighted by molar-refractivity contribution is 0.0995. The number of nitrogens with zero attached hydrogens (tertiary/aromatic N) is 1. The number of hydrogen-bond donors (Lipinski definition) is 1. The summed E-state index contributed by atoms with van der Waals surface area (Å²) in [6.07, 6.45) is 4.01. The number of amides is 1. The van der Waals surface area contributed by atoms with E-state index in [9.17, 15) is 13.2 Å². The van der Waals surface area contributed by atoms with Crippen LogP contribution < -0.4 is 5.32 Å². The fourth-order valence-electron chi connectivity index (χ4n) is 2.86. The molecule has 0 fully saturated rings. The Morgan fingerprint density at radius 2 is 1.93 bits per heavy atom. The Morgan fingerprint density at radius 1 is 1.18 bits per heavy atom. The monoisotopic (exact) mass is 418 g/mol. The second kappa shape index (κ2) is 8.70. The standard InChI is InChI=1S/C20H22N2O4S2/c1-3-8-16-17(4-2)27-20(21-16)22-19(23)18-14(11-12-26-18)13-28(24,25)15-9-6-5-7-10-15/h5-7,9-12H,3-4,8,13H2,1-2H3,(H,21,22,23). The molecule has 28 heavy (non-hydrogen) atoms. The Balaban J connectivity index is 1.79. The summed E-state index contributed by atoms with van der Waals surface area (Å²) in [5.74, 6) is -0.817. The highest BCUT2D eigenvalue weighted by atomic mass is 32.2. The second-order valence-corrected chi connectivity index (χ2v) is 9.37. The minimum absolute atomic E-state index is 0.00945. The number of hydrogen-bond acceptors (Lipinski definition) is 6. The van der Waals surface area contributed by atoms with Gasteiger partial charge in [-0.1, -0.05) is 38.5 Å². The molecule has 148 valence electrons. The molecule has 0 atom stereocenters. The van der Waals surface area contributed by atoms with Gasteiger partial charge in [0.25, 0.3) is 5.91 Å². The van der Waals surface area contributed by atoms with Crippen molar-refractivity contribution < 1.29 is 17.6 Å². The van der Waals surface area contributed by atoms with Crippen molar-refractivity contribution in [1.29, 1.82) is 0 Å². The van der Waals surface area contributed by atoms with Crippen LogP contribution in [0.25, 0.3) is 0 Å². The number of carbonyl (C=O) groups is 1. The molecular formula is C20H22N2O4S2. The maximum Gasteiger partial charge on any atom is 0.293 e. The van der Waals surface area contributed by atoms with E-state index in [-0.39, 0.29) is 16.4 Å². The molecule has 1 amide bonds. The molecule has 1 N–H and O–H groups in total. The molecule has 2 heterocycles. The molecule has 0 saturated heterocycles. The van der Waals surface area contributed by atoms with Gasteiger partial charge < -0.3 is 4.42 Å². The Kier molecular flexibility index (Phi) is 6.31. The van der Waals surface area contributed by atoms with Gasteiger partial charge in [-0.25, -0.2) is 13.4 Å². The van der Waals surface area contributed by atoms with Crippen molar-refractivity contribution in [2.75, 3.05) is 5.32 Å². The Bertz CT molecular complexity index is 1050. The highest BCUT2D eigenvalue weighted by molar-refractivity contribution is 7.90. The Morgan fingerprint density at radius 3 is 2.61 bits per heavy atom. The number of nitrogens with one attached hydrogen (secondary N) is 1. The van der Waals surface area contributed by atoms with Crippen LogP contribution in [-0.2, 0) is 28.4 Å². The van der Waals surface area contributed by atoms with Crippen molar-refractivity contribution >= 4 is 32.2 Å². The fraction of sp³-hybridized carbons (Fsp3) is 0.300. The molecule has 6 nitrogen and oxygen atoms in total.